The number of hydrogen-bond acceptors (Lipinski definition) is 20. The lowest BCUT2D eigenvalue weighted by Gasteiger charge is -2.39. The van der Waals surface area contributed by atoms with Crippen LogP contribution < -0.4 is 14.2 Å². The highest BCUT2D eigenvalue weighted by molar-refractivity contribution is 6.76. The summed E-state index contributed by atoms with van der Waals surface area (Å²) in [6.45, 7) is 39.2. The van der Waals surface area contributed by atoms with Crippen LogP contribution in [0.15, 0.2) is 54.6 Å². The lowest BCUT2D eigenvalue weighted by atomic mass is 10.1. The highest BCUT2D eigenvalue weighted by atomic mass is 35.5. The number of rotatable bonds is 26. The lowest BCUT2D eigenvalue weighted by molar-refractivity contribution is 0.00789. The Hall–Kier alpha value is -6.31. The van der Waals surface area contributed by atoms with E-state index < -0.39 is 92.7 Å². The third kappa shape index (κ3) is 20.1. The maximum Gasteiger partial charge on any atom is 0.217 e. The molecule has 0 radical (unpaired) electrons. The molecule has 6 aromatic heterocycles. The van der Waals surface area contributed by atoms with Gasteiger partial charge in [-0.2, -0.15) is 15.8 Å². The van der Waals surface area contributed by atoms with Crippen molar-refractivity contribution in [3.63, 3.8) is 0 Å². The van der Waals surface area contributed by atoms with Gasteiger partial charge < -0.3 is 71.0 Å². The molecule has 0 aliphatic carbocycles. The fourth-order valence-electron chi connectivity index (χ4n) is 14.2. The van der Waals surface area contributed by atoms with Gasteiger partial charge in [-0.3, -0.25) is 9.13 Å². The molecule has 0 saturated carbocycles. The minimum Gasteiger partial charge on any atom is -0.469 e. The first kappa shape index (κ1) is 89.9. The average Bonchev–Trinajstić information content (AvgIpc) is 1.60. The molecular formula is C82H103Cl4F4N9O14Si4. The molecule has 2 N–H and O–H groups in total. The van der Waals surface area contributed by atoms with Crippen molar-refractivity contribution >= 4 is 112 Å². The smallest absolute Gasteiger partial charge is 0.217 e. The second-order valence-electron chi connectivity index (χ2n) is 35.9. The zero-order chi connectivity index (χ0) is 84.8. The molecule has 6 aliphatic heterocycles. The van der Waals surface area contributed by atoms with Gasteiger partial charge in [0.15, 0.2) is 34.9 Å². The molecule has 0 spiro atoms. The van der Waals surface area contributed by atoms with E-state index in [4.69, 9.17) is 112 Å². The number of ether oxygens (including phenoxy) is 11. The van der Waals surface area contributed by atoms with Gasteiger partial charge >= 0.3 is 0 Å². The number of nitriles is 3. The molecule has 14 rings (SSSR count). The van der Waals surface area contributed by atoms with Crippen LogP contribution in [0, 0.1) is 57.3 Å². The number of pyridine rings is 3. The molecule has 6 aliphatic rings. The predicted octanol–water partition coefficient (Wildman–Crippen LogP) is 17.4. The van der Waals surface area contributed by atoms with E-state index in [-0.39, 0.29) is 145 Å². The molecular weight excluding hydrogens is 1670 g/mol. The van der Waals surface area contributed by atoms with E-state index in [0.29, 0.717) is 104 Å². The Morgan fingerprint density at radius 2 is 0.855 bits per heavy atom. The van der Waals surface area contributed by atoms with Crippen LogP contribution in [0.4, 0.5) is 17.6 Å². The van der Waals surface area contributed by atoms with Gasteiger partial charge in [0, 0.05) is 40.5 Å². The lowest BCUT2D eigenvalue weighted by Crippen LogP contribution is -2.47. The quantitative estimate of drug-likeness (QED) is 0.0221. The molecule has 632 valence electrons. The third-order valence-electron chi connectivity index (χ3n) is 23.0. The van der Waals surface area contributed by atoms with Crippen LogP contribution in [0.1, 0.15) is 80.7 Å². The van der Waals surface area contributed by atoms with Crippen LogP contribution in [-0.4, -0.2) is 193 Å². The molecule has 2 aromatic carbocycles. The molecule has 6 saturated heterocycles. The predicted molar refractivity (Wildman–Crippen MR) is 447 cm³/mol. The van der Waals surface area contributed by atoms with Crippen LogP contribution >= 0.6 is 46.4 Å². The summed E-state index contributed by atoms with van der Waals surface area (Å²) in [6, 6.07) is 21.1. The van der Waals surface area contributed by atoms with Crippen LogP contribution in [0.25, 0.3) is 33.1 Å². The van der Waals surface area contributed by atoms with Crippen LogP contribution in [0.2, 0.25) is 108 Å². The van der Waals surface area contributed by atoms with Gasteiger partial charge in [-0.05, 0) is 117 Å². The number of benzene rings is 2. The normalized spacial score (nSPS) is 23.3. The number of aliphatic hydroxyl groups is 1. The molecule has 35 heteroatoms. The van der Waals surface area contributed by atoms with E-state index in [1.165, 1.54) is 36.4 Å². The van der Waals surface area contributed by atoms with E-state index in [0.717, 1.165) is 12.1 Å². The number of aromatic nitrogens is 6. The van der Waals surface area contributed by atoms with Gasteiger partial charge in [0.1, 0.15) is 136 Å². The third-order valence-corrected chi connectivity index (χ3v) is 36.7. The number of H-pyrrole nitrogens is 1. The standard InChI is InChI=1S/C34H46ClF2N3O5Si2.C26H39Cl2N3O5Si2.C22H18ClF2N3O4/c1-34(2,3)47(7,8)45-29-19-43-31-28(18-42-32(29)31)44-33-22(17-38)30-27(40(33)20-41-14-15-46(4,5)6)16-23(35)26(39-30)13-12-21-24(36)10-9-11-25(21)37;1-26(2,3)38(7,8)36-20-14-34-22-19(13-33-23(20)22)35-25-16(12-29)21-18(11-17(27)24(28)30-21)31(25)15-32-9-10-37(4,5)6;23-12-6-16-19(27-15(12)5-4-10-13(24)2-1-3-14(10)25)11(7-26)22(28-16)32-18-9-31-20-17(29)8-30-21(18)20/h9-11,16,28-29,31-32H,12-15,18-20H2,1-8H3;11,19-20,22-23H,9-10,13-15H2,1-8H3;1-3,6,17-18,20-21,28-29H,4-5,8-9H2/t28-,29-,31-,32-;19-,20-,22-,23-;17-,18-,20-,21-/m111/s1. The number of aliphatic hydroxyl groups excluding tert-OH is 1. The summed E-state index contributed by atoms with van der Waals surface area (Å²) in [7, 11) is -6.71. The molecule has 12 atom stereocenters. The van der Waals surface area contributed by atoms with Crippen molar-refractivity contribution in [1.82, 2.24) is 29.1 Å². The molecule has 6 fully saturated rings. The number of fused-ring (bicyclic) bond motifs is 6. The summed E-state index contributed by atoms with van der Waals surface area (Å²) in [5, 5.41) is 41.3. The Kier molecular flexibility index (Phi) is 28.0. The summed E-state index contributed by atoms with van der Waals surface area (Å²) in [5.41, 5.74) is 4.27. The topological polar surface area (TPSA) is 276 Å². The maximum atomic E-state index is 14.4. The maximum absolute atomic E-state index is 14.4. The number of aromatic amines is 1. The molecule has 23 nitrogen and oxygen atoms in total. The molecule has 8 aromatic rings. The van der Waals surface area contributed by atoms with E-state index in [9.17, 15) is 38.5 Å². The van der Waals surface area contributed by atoms with Crippen molar-refractivity contribution in [1.29, 1.82) is 15.8 Å². The van der Waals surface area contributed by atoms with E-state index in [1.807, 2.05) is 0 Å². The monoisotopic (exact) mass is 1770 g/mol. The summed E-state index contributed by atoms with van der Waals surface area (Å²) in [5.74, 6) is -1.67. The van der Waals surface area contributed by atoms with Crippen LogP contribution in [0.3, 0.4) is 0 Å². The van der Waals surface area contributed by atoms with Gasteiger partial charge in [-0.25, -0.2) is 32.5 Å². The van der Waals surface area contributed by atoms with Gasteiger partial charge in [0.25, 0.3) is 0 Å². The summed E-state index contributed by atoms with van der Waals surface area (Å²) in [6.07, 6.45) is -4.12. The first-order valence-corrected chi connectivity index (χ1v) is 54.1. The zero-order valence-electron chi connectivity index (χ0n) is 68.8. The van der Waals surface area contributed by atoms with Crippen molar-refractivity contribution in [3.8, 4) is 35.8 Å². The SMILES string of the molecule is CC(C)(C)[Si](C)(C)O[C@@H]1CO[C@H]2[C@@H]1OC[C@H]2Oc1c(C#N)c2nc(CCc3c(F)cccc3F)c(Cl)cc2n1COCC[Si](C)(C)C.CC(C)(C)[Si](C)(C)O[C@@H]1CO[C@H]2[C@@H]1OC[C@H]2Oc1c(C#N)c2nc(Cl)c(Cl)cc2n1COCC[Si](C)(C)C.N#Cc1c(O[C@@H]2CO[C@H]3[C@@H]2OC[C@H]3O)[nH]c2cc(Cl)c(CCc3c(F)cccc3F)nc12. The summed E-state index contributed by atoms with van der Waals surface area (Å²) >= 11 is 25.6. The van der Waals surface area contributed by atoms with Crippen molar-refractivity contribution in [2.75, 3.05) is 52.9 Å². The van der Waals surface area contributed by atoms with E-state index in [2.05, 4.69) is 140 Å². The Balaban J connectivity index is 0.000000165. The van der Waals surface area contributed by atoms with Gasteiger partial charge in [-0.15, -0.1) is 0 Å². The van der Waals surface area contributed by atoms with Crippen molar-refractivity contribution in [3.05, 3.63) is 137 Å². The minimum atomic E-state index is -2.07. The van der Waals surface area contributed by atoms with E-state index >= 15 is 0 Å². The number of nitrogens with zero attached hydrogens (tertiary/aromatic N) is 8. The second-order valence-corrected chi connectivity index (χ2v) is 58.2. The Morgan fingerprint density at radius 1 is 0.487 bits per heavy atom. The molecule has 0 amide bonds. The average molecular weight is 1770 g/mol. The highest BCUT2D eigenvalue weighted by Crippen LogP contribution is 2.46. The fourth-order valence-corrected chi connectivity index (χ4v) is 19.2. The van der Waals surface area contributed by atoms with Crippen LogP contribution in [0.5, 0.6) is 17.6 Å². The number of nitrogens with one attached hydrogen (secondary N) is 1. The van der Waals surface area contributed by atoms with Gasteiger partial charge in [0.05, 0.1) is 94.9 Å². The summed E-state index contributed by atoms with van der Waals surface area (Å²) < 4.78 is 141. The van der Waals surface area contributed by atoms with E-state index in [1.54, 1.807) is 27.3 Å². The Labute approximate surface area is 703 Å². The Bertz CT molecular complexity index is 5040. The van der Waals surface area contributed by atoms with Crippen LogP contribution in [-0.2, 0) is 85.9 Å². The number of hydrogen-bond donors (Lipinski definition) is 2. The zero-order valence-corrected chi connectivity index (χ0v) is 75.8. The van der Waals surface area contributed by atoms with Crippen molar-refractivity contribution in [2.45, 2.75) is 242 Å². The van der Waals surface area contributed by atoms with Crippen molar-refractivity contribution < 1.29 is 83.6 Å². The molecule has 12 heterocycles. The minimum absolute atomic E-state index is 0.0356. The van der Waals surface area contributed by atoms with Crippen molar-refractivity contribution in [2.24, 2.45) is 0 Å². The van der Waals surface area contributed by atoms with Gasteiger partial charge in [-0.1, -0.05) is 139 Å². The molecule has 0 bridgehead atoms. The Morgan fingerprint density at radius 3 is 1.28 bits per heavy atom. The number of aryl methyl sites for hydroxylation is 2. The van der Waals surface area contributed by atoms with Gasteiger partial charge in [0.2, 0.25) is 17.6 Å². The first-order chi connectivity index (χ1) is 55.1. The highest BCUT2D eigenvalue weighted by Gasteiger charge is 2.55. The number of halogens is 8. The molecule has 0 unspecified atom stereocenters. The summed E-state index contributed by atoms with van der Waals surface area (Å²) in [4.78, 5) is 16.6. The fraction of sp³-hybridized carbons (Fsp3) is 0.561. The largest absolute Gasteiger partial charge is 0.469 e. The molecule has 117 heavy (non-hydrogen) atoms. The second kappa shape index (κ2) is 36.4. The first-order valence-electron chi connectivity index (χ1n) is 39.4.